The third-order valence-corrected chi connectivity index (χ3v) is 20.0. The third-order valence-electron chi connectivity index (χ3n) is 17.5. The lowest BCUT2D eigenvalue weighted by Gasteiger charge is -2.48. The molecule has 3 fully saturated rings. The van der Waals surface area contributed by atoms with Gasteiger partial charge in [0.15, 0.2) is 12.6 Å². The highest BCUT2D eigenvalue weighted by atomic mass is 31.1. The fourth-order valence-corrected chi connectivity index (χ4v) is 15.1. The molecule has 0 aliphatic carbocycles. The normalized spacial score (nSPS) is 36.1. The van der Waals surface area contributed by atoms with E-state index in [9.17, 15) is 35.1 Å². The van der Waals surface area contributed by atoms with Gasteiger partial charge in [0.05, 0.1) is 47.6 Å². The Kier molecular flexibility index (Phi) is 24.2. The van der Waals surface area contributed by atoms with Crippen LogP contribution in [0.4, 0.5) is 0 Å². The summed E-state index contributed by atoms with van der Waals surface area (Å²) in [6.45, 7) is 17.4. The van der Waals surface area contributed by atoms with Crippen molar-refractivity contribution >= 4 is 35.7 Å². The Bertz CT molecular complexity index is 2320. The van der Waals surface area contributed by atoms with E-state index in [1.165, 1.54) is 35.5 Å². The molecule has 0 saturated carbocycles. The van der Waals surface area contributed by atoms with E-state index in [0.717, 1.165) is 38.5 Å². The molecule has 0 unspecified atom stereocenters. The molecule has 6 rings (SSSR count). The Labute approximate surface area is 479 Å². The fourth-order valence-electron chi connectivity index (χ4n) is 12.7. The number of hydrogen-bond acceptors (Lipinski definition) is 14. The summed E-state index contributed by atoms with van der Waals surface area (Å²) >= 11 is 0. The number of benzene rings is 3. The zero-order valence-electron chi connectivity index (χ0n) is 50.3. The molecule has 3 aromatic carbocycles. The van der Waals surface area contributed by atoms with Crippen molar-refractivity contribution in [1.29, 1.82) is 0 Å². The van der Waals surface area contributed by atoms with Crippen LogP contribution in [0, 0.1) is 17.8 Å². The van der Waals surface area contributed by atoms with Gasteiger partial charge in [0, 0.05) is 38.5 Å². The topological polar surface area (TPSA) is 197 Å². The summed E-state index contributed by atoms with van der Waals surface area (Å²) in [4.78, 5) is 32.8. The molecule has 0 radical (unpaired) electrons. The maximum Gasteiger partial charge on any atom is 0.311 e. The van der Waals surface area contributed by atoms with Crippen LogP contribution < -0.4 is 15.9 Å². The Hall–Kier alpha value is -3.41. The highest BCUT2D eigenvalue weighted by Gasteiger charge is 2.53. The van der Waals surface area contributed by atoms with E-state index < -0.39 is 110 Å². The number of nitrogens with zero attached hydrogens (tertiary/aromatic N) is 2. The predicted octanol–water partition coefficient (Wildman–Crippen LogP) is 7.53. The van der Waals surface area contributed by atoms with Gasteiger partial charge in [-0.25, -0.2) is 0 Å². The van der Waals surface area contributed by atoms with Gasteiger partial charge in [-0.2, -0.15) is 0 Å². The number of amides is 1. The van der Waals surface area contributed by atoms with Crippen molar-refractivity contribution in [2.24, 2.45) is 17.8 Å². The number of ether oxygens (including phenoxy) is 6. The van der Waals surface area contributed by atoms with Gasteiger partial charge >= 0.3 is 5.97 Å². The summed E-state index contributed by atoms with van der Waals surface area (Å²) in [6, 6.07) is 29.3. The van der Waals surface area contributed by atoms with Gasteiger partial charge < -0.3 is 63.8 Å². The van der Waals surface area contributed by atoms with Crippen LogP contribution in [0.15, 0.2) is 84.9 Å². The molecule has 3 saturated heterocycles. The molecular weight excluding hydrogens is 1040 g/mol. The number of likely N-dealkylation sites (N-methyl/N-ethyl adjacent to an activating group) is 1. The van der Waals surface area contributed by atoms with E-state index in [1.54, 1.807) is 53.4 Å². The SMILES string of the molecule is CC[C@H]1OC(=O)[C@H](C)[C@@H](O[C@H]2C[C@@](C)(OC)[C@@H](O)[C@H](C)O2)[C@H](C)[C@@H](O[C@@H]2O[C@H](C)C[C@H](N(C)C)[C@H]2O)[C@](C)(O)C[C@@H](C)CN(C(=O)CCCCCCCCc2cccc(P(c3ccccc3)c3ccccc3)c2)[C@H](C)[C@@H](O)[C@]1(C)O. The Morgan fingerprint density at radius 3 is 1.98 bits per heavy atom. The van der Waals surface area contributed by atoms with Crippen molar-refractivity contribution in [1.82, 2.24) is 9.80 Å². The minimum absolute atomic E-state index is 0.0698. The molecule has 448 valence electrons. The molecule has 5 N–H and O–H groups in total. The van der Waals surface area contributed by atoms with Crippen LogP contribution in [0.1, 0.15) is 145 Å². The van der Waals surface area contributed by atoms with E-state index in [2.05, 4.69) is 84.9 Å². The second-order valence-corrected chi connectivity index (χ2v) is 26.8. The first-order chi connectivity index (χ1) is 37.8. The number of carbonyl (C=O) groups excluding carboxylic acids is 2. The minimum atomic E-state index is -2.01. The van der Waals surface area contributed by atoms with Crippen LogP contribution in [-0.4, -0.2) is 165 Å². The van der Waals surface area contributed by atoms with Crippen LogP contribution in [-0.2, 0) is 44.4 Å². The number of esters is 1. The largest absolute Gasteiger partial charge is 0.459 e. The van der Waals surface area contributed by atoms with Gasteiger partial charge in [-0.1, -0.05) is 131 Å². The molecule has 18 atom stereocenters. The standard InChI is InChI=1S/C64H99N2O13P/c1-14-52-64(10,73)57(69)45(6)66(53(67)35-26-18-16-15-17-21-28-47-29-27-34-50(37-47)80(48-30-22-19-23-31-48)49-32-24-20-25-33-49)40-41(2)38-62(8,72)59(79-61-55(68)51(65(11)12)36-42(3)75-61)43(4)56(44(5)60(71)77-52)78-54-39-63(9,74-13)58(70)46(7)76-54/h19-20,22-25,27,29-34,37,41-46,51-52,54-59,61,68-70,72-73H,14-18,21,26,28,35-36,38-40H2,1-13H3/t41-,42-,43+,44-,45-,46+,51+,52-,54+,55-,56+,57-,58+,59-,61+,62-,63-,64-/m1/s1. The maximum absolute atomic E-state index is 14.7. The maximum atomic E-state index is 14.7. The monoisotopic (exact) mass is 1130 g/mol. The Balaban J connectivity index is 1.19. The average molecular weight is 1140 g/mol. The average Bonchev–Trinajstić information content (AvgIpc) is 3.52. The summed E-state index contributed by atoms with van der Waals surface area (Å²) in [6.07, 6.45) is -2.70. The van der Waals surface area contributed by atoms with Crippen LogP contribution in [0.25, 0.3) is 0 Å². The van der Waals surface area contributed by atoms with E-state index >= 15 is 0 Å². The number of aliphatic hydroxyl groups excluding tert-OH is 3. The number of aliphatic hydroxyl groups is 5. The quantitative estimate of drug-likeness (QED) is 0.0449. The minimum Gasteiger partial charge on any atom is -0.459 e. The molecule has 0 aromatic heterocycles. The molecule has 3 aromatic rings. The summed E-state index contributed by atoms with van der Waals surface area (Å²) < 4.78 is 38.2. The van der Waals surface area contributed by atoms with E-state index in [1.807, 2.05) is 32.8 Å². The van der Waals surface area contributed by atoms with Crippen molar-refractivity contribution in [3.05, 3.63) is 90.5 Å². The molecule has 15 nitrogen and oxygen atoms in total. The summed E-state index contributed by atoms with van der Waals surface area (Å²) in [5.74, 6) is -3.28. The van der Waals surface area contributed by atoms with Crippen molar-refractivity contribution in [3.8, 4) is 0 Å². The predicted molar refractivity (Wildman–Crippen MR) is 314 cm³/mol. The summed E-state index contributed by atoms with van der Waals surface area (Å²) in [7, 11) is 4.58. The van der Waals surface area contributed by atoms with Crippen LogP contribution in [0.3, 0.4) is 0 Å². The second kappa shape index (κ2) is 29.4. The summed E-state index contributed by atoms with van der Waals surface area (Å²) in [5.41, 5.74) is -3.46. The number of aryl methyl sites for hydroxylation is 1. The van der Waals surface area contributed by atoms with Crippen molar-refractivity contribution in [2.45, 2.75) is 237 Å². The lowest BCUT2D eigenvalue weighted by molar-refractivity contribution is -0.318. The van der Waals surface area contributed by atoms with Gasteiger partial charge in [0.25, 0.3) is 0 Å². The highest BCUT2D eigenvalue weighted by molar-refractivity contribution is 7.79. The van der Waals surface area contributed by atoms with Gasteiger partial charge in [0.1, 0.15) is 30.0 Å². The fraction of sp³-hybridized carbons (Fsp3) is 0.688. The Morgan fingerprint density at radius 2 is 1.38 bits per heavy atom. The van der Waals surface area contributed by atoms with E-state index in [-0.39, 0.29) is 50.3 Å². The number of rotatable bonds is 19. The lowest BCUT2D eigenvalue weighted by atomic mass is 9.77. The molecular formula is C64H99N2O13P. The molecule has 3 aliphatic heterocycles. The number of methoxy groups -OCH3 is 1. The van der Waals surface area contributed by atoms with Gasteiger partial charge in [-0.15, -0.1) is 0 Å². The zero-order chi connectivity index (χ0) is 58.7. The van der Waals surface area contributed by atoms with E-state index in [4.69, 9.17) is 28.4 Å². The summed E-state index contributed by atoms with van der Waals surface area (Å²) in [5, 5.41) is 64.4. The van der Waals surface area contributed by atoms with Crippen molar-refractivity contribution in [3.63, 3.8) is 0 Å². The molecule has 80 heavy (non-hydrogen) atoms. The van der Waals surface area contributed by atoms with Crippen molar-refractivity contribution < 1.29 is 63.5 Å². The highest BCUT2D eigenvalue weighted by Crippen LogP contribution is 2.41. The number of hydrogen-bond donors (Lipinski definition) is 5. The van der Waals surface area contributed by atoms with E-state index in [0.29, 0.717) is 12.8 Å². The Morgan fingerprint density at radius 1 is 0.775 bits per heavy atom. The van der Waals surface area contributed by atoms with Crippen LogP contribution in [0.5, 0.6) is 0 Å². The molecule has 16 heteroatoms. The second-order valence-electron chi connectivity index (χ2n) is 24.6. The van der Waals surface area contributed by atoms with Gasteiger partial charge in [0.2, 0.25) is 5.91 Å². The zero-order valence-corrected chi connectivity index (χ0v) is 51.2. The first kappa shape index (κ1) is 65.7. The van der Waals surface area contributed by atoms with Gasteiger partial charge in [-0.3, -0.25) is 9.59 Å². The number of carbonyl (C=O) groups is 2. The lowest BCUT2D eigenvalue weighted by Crippen LogP contribution is -2.60. The van der Waals surface area contributed by atoms with Crippen LogP contribution >= 0.6 is 7.92 Å². The molecule has 0 spiro atoms. The molecule has 0 bridgehead atoms. The first-order valence-corrected chi connectivity index (χ1v) is 31.0. The number of cyclic esters (lactones) is 1. The molecule has 3 heterocycles. The smallest absolute Gasteiger partial charge is 0.311 e. The third kappa shape index (κ3) is 16.5. The van der Waals surface area contributed by atoms with Gasteiger partial charge in [-0.05, 0) is 136 Å². The number of unbranched alkanes of at least 4 members (excludes halogenated alkanes) is 5. The van der Waals surface area contributed by atoms with Crippen LogP contribution in [0.2, 0.25) is 0 Å². The van der Waals surface area contributed by atoms with Crippen molar-refractivity contribution in [2.75, 3.05) is 27.7 Å². The molecule has 1 amide bonds. The first-order valence-electron chi connectivity index (χ1n) is 29.6. The molecule has 3 aliphatic rings.